The van der Waals surface area contributed by atoms with Gasteiger partial charge in [-0.2, -0.15) is 0 Å². The number of hydrogen-bond acceptors (Lipinski definition) is 4. The summed E-state index contributed by atoms with van der Waals surface area (Å²) in [7, 11) is 1.65. The van der Waals surface area contributed by atoms with Gasteiger partial charge >= 0.3 is 0 Å². The molecule has 2 heterocycles. The van der Waals surface area contributed by atoms with Gasteiger partial charge in [0, 0.05) is 32.7 Å². The minimum atomic E-state index is 0.0623. The molecule has 0 radical (unpaired) electrons. The first-order valence-corrected chi connectivity index (χ1v) is 10.7. The molecule has 1 N–H and O–H groups in total. The Kier molecular flexibility index (Phi) is 6.33. The van der Waals surface area contributed by atoms with Gasteiger partial charge in [0.1, 0.15) is 0 Å². The minimum Gasteiger partial charge on any atom is -0.383 e. The van der Waals surface area contributed by atoms with Crippen LogP contribution in [0.1, 0.15) is 24.0 Å². The average molecular weight is 407 g/mol. The summed E-state index contributed by atoms with van der Waals surface area (Å²) in [5.41, 5.74) is 4.75. The highest BCUT2D eigenvalue weighted by atomic mass is 16.5. The zero-order chi connectivity index (χ0) is 20.9. The maximum Gasteiger partial charge on any atom is 0.223 e. The van der Waals surface area contributed by atoms with E-state index in [1.165, 1.54) is 11.1 Å². The molecule has 6 nitrogen and oxygen atoms in total. The number of nitrogens with one attached hydrogen (secondary N) is 1. The van der Waals surface area contributed by atoms with Crippen molar-refractivity contribution in [2.75, 3.05) is 38.3 Å². The molecule has 1 aliphatic heterocycles. The van der Waals surface area contributed by atoms with Crippen LogP contribution in [-0.4, -0.2) is 48.8 Å². The summed E-state index contributed by atoms with van der Waals surface area (Å²) in [6, 6.07) is 16.8. The molecule has 0 atom stereocenters. The molecule has 3 aromatic rings. The van der Waals surface area contributed by atoms with Gasteiger partial charge in [-0.25, -0.2) is 4.98 Å². The van der Waals surface area contributed by atoms with E-state index in [1.54, 1.807) is 7.11 Å². The lowest BCUT2D eigenvalue weighted by Crippen LogP contribution is -2.42. The van der Waals surface area contributed by atoms with Crippen molar-refractivity contribution in [3.05, 3.63) is 59.7 Å². The molecule has 2 aromatic carbocycles. The van der Waals surface area contributed by atoms with Crippen molar-refractivity contribution in [3.8, 4) is 0 Å². The number of fused-ring (bicyclic) bond motifs is 1. The number of imidazole rings is 1. The lowest BCUT2D eigenvalue weighted by Gasteiger charge is -2.32. The van der Waals surface area contributed by atoms with Gasteiger partial charge in [-0.3, -0.25) is 4.79 Å². The van der Waals surface area contributed by atoms with E-state index >= 15 is 0 Å². The van der Waals surface area contributed by atoms with Crippen molar-refractivity contribution in [2.45, 2.75) is 26.3 Å². The zero-order valence-corrected chi connectivity index (χ0v) is 17.8. The fourth-order valence-corrected chi connectivity index (χ4v) is 4.18. The number of anilines is 1. The van der Waals surface area contributed by atoms with Crippen LogP contribution >= 0.6 is 0 Å². The minimum absolute atomic E-state index is 0.0623. The molecule has 6 heteroatoms. The van der Waals surface area contributed by atoms with E-state index in [1.807, 2.05) is 6.07 Å². The number of piperidine rings is 1. The predicted molar refractivity (Wildman–Crippen MR) is 120 cm³/mol. The monoisotopic (exact) mass is 406 g/mol. The molecule has 1 aliphatic rings. The Hall–Kier alpha value is -2.86. The second kappa shape index (κ2) is 9.30. The van der Waals surface area contributed by atoms with Crippen LogP contribution in [0.2, 0.25) is 0 Å². The maximum atomic E-state index is 12.4. The van der Waals surface area contributed by atoms with Gasteiger partial charge in [0.2, 0.25) is 11.9 Å². The summed E-state index contributed by atoms with van der Waals surface area (Å²) in [6.07, 6.45) is 1.68. The molecule has 1 saturated heterocycles. The Morgan fingerprint density at radius 3 is 2.63 bits per heavy atom. The number of ether oxygens (including phenoxy) is 1. The van der Waals surface area contributed by atoms with Gasteiger partial charge < -0.3 is 19.5 Å². The highest BCUT2D eigenvalue weighted by Gasteiger charge is 2.27. The lowest BCUT2D eigenvalue weighted by molar-refractivity contribution is -0.125. The van der Waals surface area contributed by atoms with Crippen LogP contribution in [0.25, 0.3) is 11.0 Å². The van der Waals surface area contributed by atoms with E-state index in [9.17, 15) is 4.79 Å². The van der Waals surface area contributed by atoms with E-state index in [-0.39, 0.29) is 11.8 Å². The van der Waals surface area contributed by atoms with E-state index in [0.29, 0.717) is 13.2 Å². The van der Waals surface area contributed by atoms with E-state index in [4.69, 9.17) is 9.72 Å². The number of nitrogens with zero attached hydrogens (tertiary/aromatic N) is 3. The first kappa shape index (κ1) is 20.4. The standard InChI is InChI=1S/C24H30N4O2/c1-18-7-3-4-8-20(18)17-28-22-10-6-5-9-21(22)26-24(28)27-14-11-19(12-15-27)23(29)25-13-16-30-2/h3-10,19H,11-17H2,1-2H3,(H,25,29). The third-order valence-corrected chi connectivity index (χ3v) is 5.98. The quantitative estimate of drug-likeness (QED) is 0.611. The number of para-hydroxylation sites is 2. The van der Waals surface area contributed by atoms with Crippen LogP contribution in [-0.2, 0) is 16.1 Å². The van der Waals surface area contributed by atoms with E-state index in [0.717, 1.165) is 49.5 Å². The third-order valence-electron chi connectivity index (χ3n) is 5.98. The van der Waals surface area contributed by atoms with Crippen molar-refractivity contribution < 1.29 is 9.53 Å². The van der Waals surface area contributed by atoms with Crippen LogP contribution in [0.15, 0.2) is 48.5 Å². The Bertz CT molecular complexity index is 1010. The summed E-state index contributed by atoms with van der Waals surface area (Å²) < 4.78 is 7.34. The Morgan fingerprint density at radius 2 is 1.87 bits per heavy atom. The van der Waals surface area contributed by atoms with Crippen molar-refractivity contribution in [2.24, 2.45) is 5.92 Å². The predicted octanol–water partition coefficient (Wildman–Crippen LogP) is 3.37. The number of carbonyl (C=O) groups is 1. The van der Waals surface area contributed by atoms with Gasteiger partial charge in [0.25, 0.3) is 0 Å². The molecule has 1 amide bonds. The SMILES string of the molecule is COCCNC(=O)C1CCN(c2nc3ccccc3n2Cc2ccccc2C)CC1. The molecule has 1 aromatic heterocycles. The lowest BCUT2D eigenvalue weighted by atomic mass is 9.96. The number of amides is 1. The highest BCUT2D eigenvalue weighted by molar-refractivity contribution is 5.80. The molecule has 0 aliphatic carbocycles. The summed E-state index contributed by atoms with van der Waals surface area (Å²) in [5, 5.41) is 2.98. The molecule has 4 rings (SSSR count). The number of aromatic nitrogens is 2. The van der Waals surface area contributed by atoms with Crippen molar-refractivity contribution in [3.63, 3.8) is 0 Å². The maximum absolute atomic E-state index is 12.4. The van der Waals surface area contributed by atoms with Gasteiger partial charge in [0.15, 0.2) is 0 Å². The molecule has 0 unspecified atom stereocenters. The number of rotatable bonds is 7. The van der Waals surface area contributed by atoms with Gasteiger partial charge in [-0.05, 0) is 43.0 Å². The highest BCUT2D eigenvalue weighted by Crippen LogP contribution is 2.28. The van der Waals surface area contributed by atoms with Crippen LogP contribution in [0.3, 0.4) is 0 Å². The Balaban J connectivity index is 1.53. The summed E-state index contributed by atoms with van der Waals surface area (Å²) in [5.74, 6) is 1.20. The normalized spacial score (nSPS) is 14.9. The summed E-state index contributed by atoms with van der Waals surface area (Å²) in [4.78, 5) is 19.7. The van der Waals surface area contributed by atoms with Crippen LogP contribution in [0.4, 0.5) is 5.95 Å². The molecule has 158 valence electrons. The van der Waals surface area contributed by atoms with Gasteiger partial charge in [0.05, 0.1) is 24.2 Å². The van der Waals surface area contributed by atoms with Crippen LogP contribution < -0.4 is 10.2 Å². The first-order chi connectivity index (χ1) is 14.7. The largest absolute Gasteiger partial charge is 0.383 e. The fraction of sp³-hybridized carbons (Fsp3) is 0.417. The number of aryl methyl sites for hydroxylation is 1. The van der Waals surface area contributed by atoms with Gasteiger partial charge in [-0.15, -0.1) is 0 Å². The average Bonchev–Trinajstić information content (AvgIpc) is 3.14. The topological polar surface area (TPSA) is 59.4 Å². The first-order valence-electron chi connectivity index (χ1n) is 10.7. The summed E-state index contributed by atoms with van der Waals surface area (Å²) >= 11 is 0. The molecular weight excluding hydrogens is 376 g/mol. The number of methoxy groups -OCH3 is 1. The molecule has 1 fully saturated rings. The smallest absolute Gasteiger partial charge is 0.223 e. The molecular formula is C24H30N4O2. The molecule has 0 spiro atoms. The number of benzene rings is 2. The van der Waals surface area contributed by atoms with Crippen LogP contribution in [0.5, 0.6) is 0 Å². The second-order valence-electron chi connectivity index (χ2n) is 7.96. The fourth-order valence-electron chi connectivity index (χ4n) is 4.18. The van der Waals surface area contributed by atoms with Crippen molar-refractivity contribution >= 4 is 22.9 Å². The molecule has 0 saturated carbocycles. The van der Waals surface area contributed by atoms with Crippen molar-refractivity contribution in [1.82, 2.24) is 14.9 Å². The van der Waals surface area contributed by atoms with Crippen molar-refractivity contribution in [1.29, 1.82) is 0 Å². The van der Waals surface area contributed by atoms with E-state index < -0.39 is 0 Å². The number of carbonyl (C=O) groups excluding carboxylic acids is 1. The zero-order valence-electron chi connectivity index (χ0n) is 17.8. The summed E-state index contributed by atoms with van der Waals surface area (Å²) in [6.45, 7) is 5.73. The number of hydrogen-bond donors (Lipinski definition) is 1. The van der Waals surface area contributed by atoms with Crippen LogP contribution in [0, 0.1) is 12.8 Å². The molecule has 30 heavy (non-hydrogen) atoms. The third kappa shape index (κ3) is 4.33. The van der Waals surface area contributed by atoms with Gasteiger partial charge in [-0.1, -0.05) is 36.4 Å². The Labute approximate surface area is 177 Å². The second-order valence-corrected chi connectivity index (χ2v) is 7.96. The molecule has 0 bridgehead atoms. The van der Waals surface area contributed by atoms with E-state index in [2.05, 4.69) is 64.2 Å². The Morgan fingerprint density at radius 1 is 1.13 bits per heavy atom.